The Morgan fingerprint density at radius 1 is 1.17 bits per heavy atom. The molecule has 0 radical (unpaired) electrons. The average molecular weight is 413 g/mol. The molecule has 0 bridgehead atoms. The first-order valence-corrected chi connectivity index (χ1v) is 10.3. The maximum atomic E-state index is 14.2. The first-order valence-electron chi connectivity index (χ1n) is 10.3. The summed E-state index contributed by atoms with van der Waals surface area (Å²) in [5.74, 6) is -0.953. The second-order valence-corrected chi connectivity index (χ2v) is 7.86. The van der Waals surface area contributed by atoms with Crippen molar-refractivity contribution in [3.63, 3.8) is 0 Å². The first kappa shape index (κ1) is 22.0. The number of amides is 2. The number of ether oxygens (including phenoxy) is 1. The van der Waals surface area contributed by atoms with E-state index in [1.54, 1.807) is 18.0 Å². The highest BCUT2D eigenvalue weighted by Gasteiger charge is 2.27. The second-order valence-electron chi connectivity index (χ2n) is 7.86. The number of hydrogen-bond donors (Lipinski definition) is 1. The summed E-state index contributed by atoms with van der Waals surface area (Å²) in [7, 11) is 3.27. The minimum atomic E-state index is -0.539. The van der Waals surface area contributed by atoms with Crippen LogP contribution in [0.3, 0.4) is 0 Å². The zero-order valence-electron chi connectivity index (χ0n) is 18.1. The number of nitrogens with zero attached hydrogens (tertiary/aromatic N) is 1. The van der Waals surface area contributed by atoms with E-state index in [0.717, 1.165) is 46.6 Å². The van der Waals surface area contributed by atoms with Gasteiger partial charge in [-0.2, -0.15) is 0 Å². The van der Waals surface area contributed by atoms with Gasteiger partial charge in [-0.25, -0.2) is 4.39 Å². The Bertz CT molecular complexity index is 960. The van der Waals surface area contributed by atoms with E-state index in [0.29, 0.717) is 13.0 Å². The molecule has 0 aliphatic carbocycles. The standard InChI is InChI=1S/C20H21FN2O2.C4H8O/c1-11-12(2)17-10-23(4)20(25)16(17)9-14(11)7-13-5-6-15(18(21)8-13)19(24)22-3;1-2-4-5-3-1/h5-6,8-9H,7,10H2,1-4H3,(H,22,24);1-4H2. The fourth-order valence-corrected chi connectivity index (χ4v) is 3.85. The summed E-state index contributed by atoms with van der Waals surface area (Å²) in [6.45, 7) is 6.69. The Hall–Kier alpha value is -2.73. The third kappa shape index (κ3) is 4.54. The van der Waals surface area contributed by atoms with Crippen molar-refractivity contribution in [2.75, 3.05) is 27.3 Å². The van der Waals surface area contributed by atoms with Gasteiger partial charge in [0.05, 0.1) is 5.56 Å². The molecule has 4 rings (SSSR count). The Morgan fingerprint density at radius 3 is 2.43 bits per heavy atom. The largest absolute Gasteiger partial charge is 0.381 e. The summed E-state index contributed by atoms with van der Waals surface area (Å²) in [6.07, 6.45) is 3.07. The summed E-state index contributed by atoms with van der Waals surface area (Å²) >= 11 is 0. The van der Waals surface area contributed by atoms with Crippen molar-refractivity contribution < 1.29 is 18.7 Å². The van der Waals surface area contributed by atoms with Crippen molar-refractivity contribution >= 4 is 11.8 Å². The van der Waals surface area contributed by atoms with E-state index in [9.17, 15) is 14.0 Å². The maximum Gasteiger partial charge on any atom is 0.254 e. The zero-order chi connectivity index (χ0) is 21.8. The molecule has 0 saturated carbocycles. The molecule has 2 amide bonds. The lowest BCUT2D eigenvalue weighted by Crippen LogP contribution is -2.19. The number of carbonyl (C=O) groups is 2. The van der Waals surface area contributed by atoms with Crippen LogP contribution in [0.2, 0.25) is 0 Å². The van der Waals surface area contributed by atoms with Gasteiger partial charge in [-0.1, -0.05) is 6.07 Å². The van der Waals surface area contributed by atoms with Crippen LogP contribution < -0.4 is 5.32 Å². The van der Waals surface area contributed by atoms with Gasteiger partial charge in [0.1, 0.15) is 5.82 Å². The van der Waals surface area contributed by atoms with Crippen molar-refractivity contribution in [1.82, 2.24) is 10.2 Å². The molecule has 0 atom stereocenters. The molecule has 1 saturated heterocycles. The third-order valence-electron chi connectivity index (χ3n) is 5.84. The molecule has 160 valence electrons. The molecule has 1 N–H and O–H groups in total. The van der Waals surface area contributed by atoms with Gasteiger partial charge in [0.15, 0.2) is 0 Å². The Kier molecular flexibility index (Phi) is 6.87. The predicted molar refractivity (Wildman–Crippen MR) is 114 cm³/mol. The van der Waals surface area contributed by atoms with Gasteiger partial charge in [-0.05, 0) is 79.1 Å². The number of hydrogen-bond acceptors (Lipinski definition) is 3. The fraction of sp³-hybridized carbons (Fsp3) is 0.417. The molecule has 2 aromatic carbocycles. The minimum absolute atomic E-state index is 0.0282. The lowest BCUT2D eigenvalue weighted by Gasteiger charge is -2.13. The third-order valence-corrected chi connectivity index (χ3v) is 5.84. The molecule has 5 nitrogen and oxygen atoms in total. The maximum absolute atomic E-state index is 14.2. The summed E-state index contributed by atoms with van der Waals surface area (Å²) < 4.78 is 19.1. The zero-order valence-corrected chi connectivity index (χ0v) is 18.1. The van der Waals surface area contributed by atoms with Crippen LogP contribution in [0, 0.1) is 19.7 Å². The predicted octanol–water partition coefficient (Wildman–Crippen LogP) is 3.78. The van der Waals surface area contributed by atoms with Crippen molar-refractivity contribution in [2.24, 2.45) is 0 Å². The monoisotopic (exact) mass is 412 g/mol. The topological polar surface area (TPSA) is 58.6 Å². The number of rotatable bonds is 3. The molecular weight excluding hydrogens is 383 g/mol. The van der Waals surface area contributed by atoms with Gasteiger partial charge in [-0.3, -0.25) is 9.59 Å². The van der Waals surface area contributed by atoms with Crippen LogP contribution in [0.15, 0.2) is 24.3 Å². The molecule has 6 heteroatoms. The number of halogens is 1. The Labute approximate surface area is 177 Å². The van der Waals surface area contributed by atoms with E-state index < -0.39 is 11.7 Å². The fourth-order valence-electron chi connectivity index (χ4n) is 3.85. The molecule has 2 aliphatic rings. The molecule has 2 heterocycles. The molecule has 0 spiro atoms. The lowest BCUT2D eigenvalue weighted by atomic mass is 9.91. The number of fused-ring (bicyclic) bond motifs is 1. The number of nitrogens with one attached hydrogen (secondary N) is 1. The number of benzene rings is 2. The van der Waals surface area contributed by atoms with Gasteiger partial charge in [0, 0.05) is 39.4 Å². The van der Waals surface area contributed by atoms with Crippen LogP contribution in [0.5, 0.6) is 0 Å². The Morgan fingerprint density at radius 2 is 1.87 bits per heavy atom. The minimum Gasteiger partial charge on any atom is -0.381 e. The van der Waals surface area contributed by atoms with Crippen LogP contribution in [-0.4, -0.2) is 44.0 Å². The van der Waals surface area contributed by atoms with Crippen LogP contribution in [0.25, 0.3) is 0 Å². The van der Waals surface area contributed by atoms with Gasteiger partial charge < -0.3 is 15.0 Å². The highest BCUT2D eigenvalue weighted by Crippen LogP contribution is 2.30. The van der Waals surface area contributed by atoms with Gasteiger partial charge in [0.2, 0.25) is 0 Å². The smallest absolute Gasteiger partial charge is 0.254 e. The second kappa shape index (κ2) is 9.39. The van der Waals surface area contributed by atoms with Crippen LogP contribution in [0.4, 0.5) is 4.39 Å². The molecule has 0 aromatic heterocycles. The van der Waals surface area contributed by atoms with Gasteiger partial charge in [0.25, 0.3) is 11.8 Å². The van der Waals surface area contributed by atoms with Crippen LogP contribution in [0.1, 0.15) is 61.4 Å². The van der Waals surface area contributed by atoms with E-state index in [-0.39, 0.29) is 11.5 Å². The quantitative estimate of drug-likeness (QED) is 0.835. The molecule has 1 fully saturated rings. The summed E-state index contributed by atoms with van der Waals surface area (Å²) in [6, 6.07) is 6.57. The summed E-state index contributed by atoms with van der Waals surface area (Å²) in [4.78, 5) is 25.6. The SMILES string of the molecule is C1CCOC1.CNC(=O)c1ccc(Cc2cc3c(c(C)c2C)CN(C)C3=O)cc1F. The summed E-state index contributed by atoms with van der Waals surface area (Å²) in [5, 5.41) is 2.42. The molecule has 2 aromatic rings. The lowest BCUT2D eigenvalue weighted by molar-refractivity contribution is 0.0816. The van der Waals surface area contributed by atoms with Gasteiger partial charge in [-0.15, -0.1) is 0 Å². The van der Waals surface area contributed by atoms with Crippen molar-refractivity contribution in [3.05, 3.63) is 69.0 Å². The van der Waals surface area contributed by atoms with Crippen molar-refractivity contribution in [1.29, 1.82) is 0 Å². The van der Waals surface area contributed by atoms with E-state index in [1.165, 1.54) is 32.0 Å². The molecule has 30 heavy (non-hydrogen) atoms. The Balaban J connectivity index is 0.000000448. The highest BCUT2D eigenvalue weighted by atomic mass is 19.1. The van der Waals surface area contributed by atoms with Crippen LogP contribution >= 0.6 is 0 Å². The average Bonchev–Trinajstić information content (AvgIpc) is 3.40. The molecule has 0 unspecified atom stereocenters. The van der Waals surface area contributed by atoms with Crippen LogP contribution in [-0.2, 0) is 17.7 Å². The van der Waals surface area contributed by atoms with Gasteiger partial charge >= 0.3 is 0 Å². The highest BCUT2D eigenvalue weighted by molar-refractivity contribution is 5.99. The molecule has 2 aliphatic heterocycles. The van der Waals surface area contributed by atoms with Crippen molar-refractivity contribution in [3.8, 4) is 0 Å². The normalized spacial score (nSPS) is 15.0. The first-order chi connectivity index (χ1) is 14.3. The van der Waals surface area contributed by atoms with E-state index in [4.69, 9.17) is 4.74 Å². The molecular formula is C24H29FN2O3. The van der Waals surface area contributed by atoms with E-state index >= 15 is 0 Å². The van der Waals surface area contributed by atoms with E-state index in [1.807, 2.05) is 19.9 Å². The summed E-state index contributed by atoms with van der Waals surface area (Å²) in [5.41, 5.74) is 5.87. The number of carbonyl (C=O) groups excluding carboxylic acids is 2. The van der Waals surface area contributed by atoms with E-state index in [2.05, 4.69) is 5.32 Å². The van der Waals surface area contributed by atoms with Crippen molar-refractivity contribution in [2.45, 2.75) is 39.7 Å².